The third kappa shape index (κ3) is 4.29. The molecular weight excluding hydrogens is 254 g/mol. The lowest BCUT2D eigenvalue weighted by molar-refractivity contribution is -0.139. The summed E-state index contributed by atoms with van der Waals surface area (Å²) in [6.07, 6.45) is 0. The zero-order chi connectivity index (χ0) is 13.5. The normalized spacial score (nSPS) is 12.7. The quantitative estimate of drug-likeness (QED) is 0.828. The number of methoxy groups -OCH3 is 1. The Balaban J connectivity index is 2.83. The van der Waals surface area contributed by atoms with Crippen molar-refractivity contribution in [1.82, 2.24) is 4.90 Å². The average Bonchev–Trinajstić information content (AvgIpc) is 2.34. The molecule has 1 atom stereocenters. The molecule has 1 aromatic carbocycles. The van der Waals surface area contributed by atoms with Gasteiger partial charge in [0.05, 0.1) is 13.2 Å². The fourth-order valence-electron chi connectivity index (χ4n) is 1.80. The Morgan fingerprint density at radius 3 is 2.72 bits per heavy atom. The van der Waals surface area contributed by atoms with E-state index in [9.17, 15) is 4.79 Å². The maximum atomic E-state index is 10.9. The van der Waals surface area contributed by atoms with E-state index in [4.69, 9.17) is 21.4 Å². The second-order valence-electron chi connectivity index (χ2n) is 4.05. The largest absolute Gasteiger partial charge is 0.480 e. The summed E-state index contributed by atoms with van der Waals surface area (Å²) in [6.45, 7) is 2.95. The lowest BCUT2D eigenvalue weighted by atomic mass is 10.1. The van der Waals surface area contributed by atoms with E-state index < -0.39 is 5.97 Å². The molecule has 5 heteroatoms. The number of carbonyl (C=O) groups is 1. The van der Waals surface area contributed by atoms with Gasteiger partial charge in [-0.1, -0.05) is 29.8 Å². The van der Waals surface area contributed by atoms with Gasteiger partial charge in [0.1, 0.15) is 0 Å². The Hall–Kier alpha value is -1.10. The molecule has 100 valence electrons. The highest BCUT2D eigenvalue weighted by Crippen LogP contribution is 2.26. The monoisotopic (exact) mass is 271 g/mol. The Morgan fingerprint density at radius 2 is 2.17 bits per heavy atom. The molecule has 1 N–H and O–H groups in total. The third-order valence-corrected chi connectivity index (χ3v) is 3.17. The second kappa shape index (κ2) is 7.36. The summed E-state index contributed by atoms with van der Waals surface area (Å²) in [4.78, 5) is 12.7. The lowest BCUT2D eigenvalue weighted by Crippen LogP contribution is -2.35. The van der Waals surface area contributed by atoms with Crippen LogP contribution in [-0.2, 0) is 9.53 Å². The number of carboxylic acid groups (broad SMARTS) is 1. The first kappa shape index (κ1) is 15.0. The summed E-state index contributed by atoms with van der Waals surface area (Å²) in [5.74, 6) is -0.856. The molecule has 0 saturated carbocycles. The summed E-state index contributed by atoms with van der Waals surface area (Å²) < 4.78 is 5.00. The maximum Gasteiger partial charge on any atom is 0.317 e. The molecule has 0 bridgehead atoms. The molecule has 4 nitrogen and oxygen atoms in total. The van der Waals surface area contributed by atoms with Gasteiger partial charge in [0.2, 0.25) is 0 Å². The van der Waals surface area contributed by atoms with Crippen LogP contribution in [0.3, 0.4) is 0 Å². The van der Waals surface area contributed by atoms with E-state index in [0.29, 0.717) is 18.2 Å². The van der Waals surface area contributed by atoms with Crippen LogP contribution in [0.2, 0.25) is 5.02 Å². The molecule has 1 unspecified atom stereocenters. The van der Waals surface area contributed by atoms with Gasteiger partial charge in [-0.2, -0.15) is 0 Å². The van der Waals surface area contributed by atoms with E-state index in [2.05, 4.69) is 0 Å². The minimum atomic E-state index is -0.856. The first-order valence-corrected chi connectivity index (χ1v) is 6.13. The van der Waals surface area contributed by atoms with Gasteiger partial charge in [-0.05, 0) is 18.6 Å². The number of nitrogens with zero attached hydrogens (tertiary/aromatic N) is 1. The van der Waals surface area contributed by atoms with E-state index >= 15 is 0 Å². The van der Waals surface area contributed by atoms with Crippen LogP contribution in [0.4, 0.5) is 0 Å². The van der Waals surface area contributed by atoms with Crippen LogP contribution in [0.15, 0.2) is 24.3 Å². The molecule has 0 saturated heterocycles. The fraction of sp³-hybridized carbons (Fsp3) is 0.462. The Labute approximate surface area is 112 Å². The number of rotatable bonds is 7. The summed E-state index contributed by atoms with van der Waals surface area (Å²) in [5.41, 5.74) is 0.927. The first-order valence-electron chi connectivity index (χ1n) is 5.75. The number of benzene rings is 1. The minimum absolute atomic E-state index is 0.0320. The minimum Gasteiger partial charge on any atom is -0.480 e. The summed E-state index contributed by atoms with van der Waals surface area (Å²) in [5, 5.41) is 9.58. The predicted octanol–water partition coefficient (Wildman–Crippen LogP) is 2.43. The predicted molar refractivity (Wildman–Crippen MR) is 71.0 cm³/mol. The van der Waals surface area contributed by atoms with Crippen molar-refractivity contribution in [2.45, 2.75) is 13.0 Å². The van der Waals surface area contributed by atoms with Crippen LogP contribution in [-0.4, -0.2) is 42.8 Å². The van der Waals surface area contributed by atoms with Crippen LogP contribution >= 0.6 is 11.6 Å². The van der Waals surface area contributed by atoms with Gasteiger partial charge in [0.15, 0.2) is 0 Å². The summed E-state index contributed by atoms with van der Waals surface area (Å²) in [6, 6.07) is 7.41. The van der Waals surface area contributed by atoms with Gasteiger partial charge in [-0.3, -0.25) is 9.69 Å². The Bertz CT molecular complexity index is 398. The number of hydrogen-bond acceptors (Lipinski definition) is 3. The molecule has 0 aromatic heterocycles. The van der Waals surface area contributed by atoms with Gasteiger partial charge in [0.25, 0.3) is 0 Å². The topological polar surface area (TPSA) is 49.8 Å². The highest BCUT2D eigenvalue weighted by molar-refractivity contribution is 6.31. The standard InChI is InChI=1S/C13H18ClNO3/c1-10(11-5-3-4-6-12(11)14)15(7-8-18-2)9-13(16)17/h3-6,10H,7-9H2,1-2H3,(H,16,17). The summed E-state index contributed by atoms with van der Waals surface area (Å²) >= 11 is 6.13. The van der Waals surface area contributed by atoms with E-state index in [1.165, 1.54) is 0 Å². The van der Waals surface area contributed by atoms with E-state index in [1.807, 2.05) is 36.1 Å². The van der Waals surface area contributed by atoms with Gasteiger partial charge in [-0.25, -0.2) is 0 Å². The molecule has 1 aromatic rings. The molecular formula is C13H18ClNO3. The molecule has 0 aliphatic carbocycles. The summed E-state index contributed by atoms with van der Waals surface area (Å²) in [7, 11) is 1.60. The van der Waals surface area contributed by atoms with Crippen LogP contribution in [0, 0.1) is 0 Å². The molecule has 0 fully saturated rings. The van der Waals surface area contributed by atoms with Crippen LogP contribution in [0.25, 0.3) is 0 Å². The SMILES string of the molecule is COCCN(CC(=O)O)C(C)c1ccccc1Cl. The average molecular weight is 272 g/mol. The van der Waals surface area contributed by atoms with E-state index in [1.54, 1.807) is 7.11 Å². The zero-order valence-electron chi connectivity index (χ0n) is 10.6. The zero-order valence-corrected chi connectivity index (χ0v) is 11.4. The number of aliphatic carboxylic acids is 1. The number of halogens is 1. The molecule has 0 heterocycles. The molecule has 0 aliphatic heterocycles. The number of hydrogen-bond donors (Lipinski definition) is 1. The van der Waals surface area contributed by atoms with Gasteiger partial charge in [0, 0.05) is 24.7 Å². The third-order valence-electron chi connectivity index (χ3n) is 2.82. The van der Waals surface area contributed by atoms with E-state index in [-0.39, 0.29) is 12.6 Å². The van der Waals surface area contributed by atoms with Gasteiger partial charge in [-0.15, -0.1) is 0 Å². The lowest BCUT2D eigenvalue weighted by Gasteiger charge is -2.28. The first-order chi connectivity index (χ1) is 8.56. The number of carboxylic acids is 1. The van der Waals surface area contributed by atoms with Gasteiger partial charge >= 0.3 is 5.97 Å². The smallest absolute Gasteiger partial charge is 0.317 e. The van der Waals surface area contributed by atoms with Crippen LogP contribution in [0.1, 0.15) is 18.5 Å². The Kier molecular flexibility index (Phi) is 6.12. The second-order valence-corrected chi connectivity index (χ2v) is 4.46. The van der Waals surface area contributed by atoms with Crippen molar-refractivity contribution in [3.8, 4) is 0 Å². The highest BCUT2D eigenvalue weighted by Gasteiger charge is 2.19. The van der Waals surface area contributed by atoms with Gasteiger partial charge < -0.3 is 9.84 Å². The van der Waals surface area contributed by atoms with E-state index in [0.717, 1.165) is 5.56 Å². The van der Waals surface area contributed by atoms with Crippen molar-refractivity contribution in [3.63, 3.8) is 0 Å². The molecule has 0 amide bonds. The van der Waals surface area contributed by atoms with Crippen molar-refractivity contribution in [2.75, 3.05) is 26.8 Å². The van der Waals surface area contributed by atoms with Crippen LogP contribution in [0.5, 0.6) is 0 Å². The fourth-order valence-corrected chi connectivity index (χ4v) is 2.10. The molecule has 1 rings (SSSR count). The van der Waals surface area contributed by atoms with Crippen molar-refractivity contribution >= 4 is 17.6 Å². The van der Waals surface area contributed by atoms with Crippen molar-refractivity contribution in [2.24, 2.45) is 0 Å². The number of ether oxygens (including phenoxy) is 1. The Morgan fingerprint density at radius 1 is 1.50 bits per heavy atom. The van der Waals surface area contributed by atoms with Crippen LogP contribution < -0.4 is 0 Å². The van der Waals surface area contributed by atoms with Crippen molar-refractivity contribution in [1.29, 1.82) is 0 Å². The molecule has 0 aliphatic rings. The molecule has 18 heavy (non-hydrogen) atoms. The molecule has 0 radical (unpaired) electrons. The van der Waals surface area contributed by atoms with Crippen molar-refractivity contribution < 1.29 is 14.6 Å². The maximum absolute atomic E-state index is 10.9. The molecule has 0 spiro atoms. The highest BCUT2D eigenvalue weighted by atomic mass is 35.5. The van der Waals surface area contributed by atoms with Crippen molar-refractivity contribution in [3.05, 3.63) is 34.9 Å².